The van der Waals surface area contributed by atoms with Gasteiger partial charge in [-0.15, -0.1) is 0 Å². The summed E-state index contributed by atoms with van der Waals surface area (Å²) in [7, 11) is 3.07. The number of amides is 1. The van der Waals surface area contributed by atoms with Crippen LogP contribution >= 0.6 is 0 Å². The molecule has 29 heavy (non-hydrogen) atoms. The number of carbonyl (C=O) groups is 1. The van der Waals surface area contributed by atoms with E-state index in [0.717, 1.165) is 30.8 Å². The monoisotopic (exact) mass is 394 g/mol. The van der Waals surface area contributed by atoms with Gasteiger partial charge in [-0.25, -0.2) is 4.98 Å². The smallest absolute Gasteiger partial charge is 0.262 e. The largest absolute Gasteiger partial charge is 0.497 e. The first-order valence-electron chi connectivity index (χ1n) is 9.33. The fourth-order valence-corrected chi connectivity index (χ4v) is 3.54. The maximum absolute atomic E-state index is 12.7. The number of fused-ring (bicyclic) bond motifs is 1. The molecule has 1 saturated heterocycles. The summed E-state index contributed by atoms with van der Waals surface area (Å²) in [6.07, 6.45) is 0.895. The van der Waals surface area contributed by atoms with Crippen LogP contribution in [0.25, 0.3) is 22.3 Å². The zero-order valence-corrected chi connectivity index (χ0v) is 16.3. The first-order chi connectivity index (χ1) is 14.1. The lowest BCUT2D eigenvalue weighted by atomic mass is 10.1. The molecule has 0 atom stereocenters. The van der Waals surface area contributed by atoms with Crippen LogP contribution in [-0.4, -0.2) is 61.7 Å². The maximum Gasteiger partial charge on any atom is 0.262 e. The van der Waals surface area contributed by atoms with Gasteiger partial charge in [-0.3, -0.25) is 9.59 Å². The molecule has 1 N–H and O–H groups in total. The second-order valence-electron chi connectivity index (χ2n) is 6.81. The van der Waals surface area contributed by atoms with Crippen molar-refractivity contribution in [2.75, 3.05) is 45.3 Å². The summed E-state index contributed by atoms with van der Waals surface area (Å²) >= 11 is 0. The second-order valence-corrected chi connectivity index (χ2v) is 6.81. The summed E-state index contributed by atoms with van der Waals surface area (Å²) in [5, 5.41) is 0.390. The number of H-pyrrole nitrogens is 1. The fourth-order valence-electron chi connectivity index (χ4n) is 3.54. The molecule has 0 radical (unpaired) electrons. The highest BCUT2D eigenvalue weighted by Gasteiger charge is 2.16. The van der Waals surface area contributed by atoms with Gasteiger partial charge in [0.1, 0.15) is 22.7 Å². The molecule has 8 nitrogen and oxygen atoms in total. The third-order valence-electron chi connectivity index (χ3n) is 5.17. The van der Waals surface area contributed by atoms with Crippen LogP contribution in [0.2, 0.25) is 0 Å². The van der Waals surface area contributed by atoms with Crippen molar-refractivity contribution in [3.05, 3.63) is 46.8 Å². The lowest BCUT2D eigenvalue weighted by Crippen LogP contribution is -2.45. The van der Waals surface area contributed by atoms with Gasteiger partial charge < -0.3 is 24.3 Å². The summed E-state index contributed by atoms with van der Waals surface area (Å²) in [4.78, 5) is 35.0. The standard InChI is InChI=1S/C21H22N4O4/c1-28-16-11-17-19(18(12-16)29-2)21(27)23-20(22-17)14-3-5-15(6-4-14)25-9-7-24(13-26)8-10-25/h3-6,11-13H,7-10H2,1-2H3,(H,22,23,27). The predicted octanol–water partition coefficient (Wildman–Crippen LogP) is 1.89. The first-order valence-corrected chi connectivity index (χ1v) is 9.33. The number of piperazine rings is 1. The number of anilines is 1. The minimum Gasteiger partial charge on any atom is -0.497 e. The minimum absolute atomic E-state index is 0.265. The fraction of sp³-hybridized carbons (Fsp3) is 0.286. The summed E-state index contributed by atoms with van der Waals surface area (Å²) in [5.41, 5.74) is 2.12. The van der Waals surface area contributed by atoms with Gasteiger partial charge in [0.15, 0.2) is 0 Å². The van der Waals surface area contributed by atoms with E-state index < -0.39 is 0 Å². The van der Waals surface area contributed by atoms with Gasteiger partial charge >= 0.3 is 0 Å². The number of hydrogen-bond acceptors (Lipinski definition) is 6. The van der Waals surface area contributed by atoms with Crippen LogP contribution in [0.4, 0.5) is 5.69 Å². The number of aromatic nitrogens is 2. The predicted molar refractivity (Wildman–Crippen MR) is 111 cm³/mol. The van der Waals surface area contributed by atoms with Crippen LogP contribution in [0.15, 0.2) is 41.2 Å². The molecule has 1 aliphatic heterocycles. The van der Waals surface area contributed by atoms with Crippen molar-refractivity contribution in [3.8, 4) is 22.9 Å². The molecular formula is C21H22N4O4. The highest BCUT2D eigenvalue weighted by Crippen LogP contribution is 2.29. The summed E-state index contributed by atoms with van der Waals surface area (Å²) in [5.74, 6) is 1.47. The van der Waals surface area contributed by atoms with E-state index in [4.69, 9.17) is 9.47 Å². The maximum atomic E-state index is 12.7. The average Bonchev–Trinajstić information content (AvgIpc) is 2.78. The Morgan fingerprint density at radius 2 is 1.76 bits per heavy atom. The molecular weight excluding hydrogens is 372 g/mol. The SMILES string of the molecule is COc1cc(OC)c2c(=O)[nH]c(-c3ccc(N4CCN(C=O)CC4)cc3)nc2c1. The quantitative estimate of drug-likeness (QED) is 0.665. The normalized spacial score (nSPS) is 14.1. The van der Waals surface area contributed by atoms with Gasteiger partial charge in [-0.2, -0.15) is 0 Å². The van der Waals surface area contributed by atoms with E-state index >= 15 is 0 Å². The van der Waals surface area contributed by atoms with Crippen molar-refractivity contribution < 1.29 is 14.3 Å². The van der Waals surface area contributed by atoms with Crippen LogP contribution < -0.4 is 19.9 Å². The molecule has 0 aliphatic carbocycles. The van der Waals surface area contributed by atoms with Crippen LogP contribution in [0.3, 0.4) is 0 Å². The Morgan fingerprint density at radius 1 is 1.03 bits per heavy atom. The van der Waals surface area contributed by atoms with E-state index in [1.165, 1.54) is 7.11 Å². The molecule has 2 aromatic carbocycles. The molecule has 0 unspecified atom stereocenters. The zero-order valence-electron chi connectivity index (χ0n) is 16.3. The zero-order chi connectivity index (χ0) is 20.4. The molecule has 8 heteroatoms. The highest BCUT2D eigenvalue weighted by molar-refractivity contribution is 5.87. The third kappa shape index (κ3) is 3.61. The van der Waals surface area contributed by atoms with Crippen LogP contribution in [0.1, 0.15) is 0 Å². The van der Waals surface area contributed by atoms with E-state index in [-0.39, 0.29) is 5.56 Å². The van der Waals surface area contributed by atoms with Crippen molar-refractivity contribution in [1.29, 1.82) is 0 Å². The number of methoxy groups -OCH3 is 2. The number of aromatic amines is 1. The van der Waals surface area contributed by atoms with Crippen molar-refractivity contribution in [3.63, 3.8) is 0 Å². The highest BCUT2D eigenvalue weighted by atomic mass is 16.5. The molecule has 0 bridgehead atoms. The Kier molecular flexibility index (Phi) is 5.07. The average molecular weight is 394 g/mol. The minimum atomic E-state index is -0.265. The van der Waals surface area contributed by atoms with Gasteiger partial charge in [0.2, 0.25) is 6.41 Å². The second kappa shape index (κ2) is 7.83. The van der Waals surface area contributed by atoms with Gasteiger partial charge in [-0.1, -0.05) is 0 Å². The number of rotatable bonds is 5. The van der Waals surface area contributed by atoms with Gasteiger partial charge in [0.25, 0.3) is 5.56 Å². The summed E-state index contributed by atoms with van der Waals surface area (Å²) in [6, 6.07) is 11.3. The lowest BCUT2D eigenvalue weighted by molar-refractivity contribution is -0.118. The molecule has 0 spiro atoms. The molecule has 1 amide bonds. The number of benzene rings is 2. The molecule has 150 valence electrons. The summed E-state index contributed by atoms with van der Waals surface area (Å²) < 4.78 is 10.6. The Morgan fingerprint density at radius 3 is 2.38 bits per heavy atom. The topological polar surface area (TPSA) is 87.8 Å². The van der Waals surface area contributed by atoms with Crippen LogP contribution in [0, 0.1) is 0 Å². The Bertz CT molecular complexity index is 1090. The molecule has 3 aromatic rings. The van der Waals surface area contributed by atoms with Crippen molar-refractivity contribution in [2.45, 2.75) is 0 Å². The third-order valence-corrected chi connectivity index (χ3v) is 5.17. The van der Waals surface area contributed by atoms with Gasteiger partial charge in [0, 0.05) is 49.6 Å². The molecule has 0 saturated carbocycles. The van der Waals surface area contributed by atoms with E-state index in [9.17, 15) is 9.59 Å². The van der Waals surface area contributed by atoms with E-state index in [0.29, 0.717) is 41.3 Å². The first kappa shape index (κ1) is 18.8. The Balaban J connectivity index is 1.66. The van der Waals surface area contributed by atoms with Crippen molar-refractivity contribution >= 4 is 23.0 Å². The Labute approximate surface area is 167 Å². The van der Waals surface area contributed by atoms with Crippen molar-refractivity contribution in [1.82, 2.24) is 14.9 Å². The number of nitrogens with zero attached hydrogens (tertiary/aromatic N) is 3. The van der Waals surface area contributed by atoms with E-state index in [1.807, 2.05) is 24.3 Å². The Hall–Kier alpha value is -3.55. The molecule has 2 heterocycles. The molecule has 1 fully saturated rings. The number of nitrogens with one attached hydrogen (secondary N) is 1. The van der Waals surface area contributed by atoms with E-state index in [1.54, 1.807) is 24.1 Å². The van der Waals surface area contributed by atoms with Gasteiger partial charge in [-0.05, 0) is 24.3 Å². The van der Waals surface area contributed by atoms with Crippen LogP contribution in [-0.2, 0) is 4.79 Å². The molecule has 4 rings (SSSR count). The van der Waals surface area contributed by atoms with E-state index in [2.05, 4.69) is 14.9 Å². The van der Waals surface area contributed by atoms with Crippen molar-refractivity contribution in [2.24, 2.45) is 0 Å². The van der Waals surface area contributed by atoms with Crippen LogP contribution in [0.5, 0.6) is 11.5 Å². The number of hydrogen-bond donors (Lipinski definition) is 1. The lowest BCUT2D eigenvalue weighted by Gasteiger charge is -2.34. The molecule has 1 aliphatic rings. The van der Waals surface area contributed by atoms with Gasteiger partial charge in [0.05, 0.1) is 19.7 Å². The number of carbonyl (C=O) groups excluding carboxylic acids is 1. The number of ether oxygens (including phenoxy) is 2. The summed E-state index contributed by atoms with van der Waals surface area (Å²) in [6.45, 7) is 3.02. The molecule has 1 aromatic heterocycles.